The normalized spacial score (nSPS) is 17.0. The van der Waals surface area contributed by atoms with E-state index in [0.29, 0.717) is 5.41 Å². The second kappa shape index (κ2) is 7.34. The van der Waals surface area contributed by atoms with E-state index in [1.165, 1.54) is 31.2 Å². The Labute approximate surface area is 128 Å². The molecule has 1 saturated carbocycles. The summed E-state index contributed by atoms with van der Waals surface area (Å²) >= 11 is 0. The number of benzene rings is 1. The van der Waals surface area contributed by atoms with E-state index in [1.807, 2.05) is 19.2 Å². The number of ether oxygens (including phenoxy) is 1. The van der Waals surface area contributed by atoms with Crippen LogP contribution in [-0.2, 0) is 6.54 Å². The molecule has 116 valence electrons. The lowest BCUT2D eigenvalue weighted by atomic mass is 9.67. The zero-order valence-corrected chi connectivity index (χ0v) is 13.4. The summed E-state index contributed by atoms with van der Waals surface area (Å²) < 4.78 is 5.17. The highest BCUT2D eigenvalue weighted by Crippen LogP contribution is 2.42. The average Bonchev–Trinajstić information content (AvgIpc) is 2.50. The summed E-state index contributed by atoms with van der Waals surface area (Å²) in [5.41, 5.74) is 1.71. The quantitative estimate of drug-likeness (QED) is 0.625. The van der Waals surface area contributed by atoms with Crippen molar-refractivity contribution >= 4 is 5.96 Å². The molecule has 2 N–H and O–H groups in total. The van der Waals surface area contributed by atoms with Crippen LogP contribution in [0.2, 0.25) is 0 Å². The minimum atomic E-state index is 0.498. The predicted molar refractivity (Wildman–Crippen MR) is 87.8 cm³/mol. The van der Waals surface area contributed by atoms with Crippen LogP contribution in [0.1, 0.15) is 38.2 Å². The molecule has 0 aromatic heterocycles. The first kappa shape index (κ1) is 15.7. The maximum Gasteiger partial charge on any atom is 0.191 e. The van der Waals surface area contributed by atoms with Crippen LogP contribution in [0.3, 0.4) is 0 Å². The van der Waals surface area contributed by atoms with E-state index in [4.69, 9.17) is 4.74 Å². The van der Waals surface area contributed by atoms with Crippen molar-refractivity contribution in [1.29, 1.82) is 0 Å². The monoisotopic (exact) mass is 289 g/mol. The second-order valence-electron chi connectivity index (χ2n) is 5.83. The summed E-state index contributed by atoms with van der Waals surface area (Å²) in [6.45, 7) is 4.07. The van der Waals surface area contributed by atoms with Crippen LogP contribution in [0.25, 0.3) is 0 Å². The minimum Gasteiger partial charge on any atom is -0.497 e. The molecular weight excluding hydrogens is 262 g/mol. The number of nitrogens with one attached hydrogen (secondary N) is 2. The summed E-state index contributed by atoms with van der Waals surface area (Å²) in [5, 5.41) is 6.84. The van der Waals surface area contributed by atoms with Gasteiger partial charge in [0, 0.05) is 20.1 Å². The molecule has 0 bridgehead atoms. The molecule has 0 atom stereocenters. The van der Waals surface area contributed by atoms with Gasteiger partial charge in [-0.05, 0) is 42.4 Å². The van der Waals surface area contributed by atoms with E-state index in [0.717, 1.165) is 24.8 Å². The molecule has 0 radical (unpaired) electrons. The topological polar surface area (TPSA) is 45.7 Å². The van der Waals surface area contributed by atoms with Crippen LogP contribution in [0.5, 0.6) is 5.75 Å². The van der Waals surface area contributed by atoms with Gasteiger partial charge in [-0.15, -0.1) is 0 Å². The molecule has 1 aliphatic rings. The summed E-state index contributed by atoms with van der Waals surface area (Å²) in [5.74, 6) is 1.77. The average molecular weight is 289 g/mol. The Morgan fingerprint density at radius 3 is 2.43 bits per heavy atom. The smallest absolute Gasteiger partial charge is 0.191 e. The first-order chi connectivity index (χ1) is 10.2. The summed E-state index contributed by atoms with van der Waals surface area (Å²) in [7, 11) is 3.51. The highest BCUT2D eigenvalue weighted by atomic mass is 16.5. The van der Waals surface area contributed by atoms with Gasteiger partial charge in [0.2, 0.25) is 0 Å². The lowest BCUT2D eigenvalue weighted by Gasteiger charge is -2.41. The number of rotatable bonds is 6. The van der Waals surface area contributed by atoms with Crippen molar-refractivity contribution in [2.45, 2.75) is 39.2 Å². The molecule has 0 heterocycles. The van der Waals surface area contributed by atoms with Crippen LogP contribution >= 0.6 is 0 Å². The summed E-state index contributed by atoms with van der Waals surface area (Å²) in [4.78, 5) is 4.30. The largest absolute Gasteiger partial charge is 0.497 e. The predicted octanol–water partition coefficient (Wildman–Crippen LogP) is 2.94. The highest BCUT2D eigenvalue weighted by molar-refractivity contribution is 5.79. The lowest BCUT2D eigenvalue weighted by molar-refractivity contribution is 0.131. The second-order valence-corrected chi connectivity index (χ2v) is 5.83. The Morgan fingerprint density at radius 1 is 1.24 bits per heavy atom. The third kappa shape index (κ3) is 4.13. The van der Waals surface area contributed by atoms with E-state index in [1.54, 1.807) is 7.11 Å². The van der Waals surface area contributed by atoms with E-state index in [2.05, 4.69) is 34.7 Å². The molecule has 0 saturated heterocycles. The van der Waals surface area contributed by atoms with Gasteiger partial charge in [0.1, 0.15) is 5.75 Å². The Balaban J connectivity index is 1.79. The molecule has 0 aliphatic heterocycles. The van der Waals surface area contributed by atoms with Gasteiger partial charge in [0.05, 0.1) is 7.11 Å². The first-order valence-corrected chi connectivity index (χ1v) is 7.79. The van der Waals surface area contributed by atoms with Crippen LogP contribution in [-0.4, -0.2) is 26.7 Å². The Bertz CT molecular complexity index is 458. The van der Waals surface area contributed by atoms with E-state index < -0.39 is 0 Å². The number of methoxy groups -OCH3 is 1. The molecule has 1 fully saturated rings. The fourth-order valence-electron chi connectivity index (χ4n) is 2.75. The van der Waals surface area contributed by atoms with Gasteiger partial charge in [-0.1, -0.05) is 25.5 Å². The molecule has 0 spiro atoms. The van der Waals surface area contributed by atoms with Crippen molar-refractivity contribution in [2.75, 3.05) is 20.7 Å². The Hall–Kier alpha value is -1.71. The Kier molecular flexibility index (Phi) is 5.48. The van der Waals surface area contributed by atoms with Crippen molar-refractivity contribution in [1.82, 2.24) is 10.6 Å². The fourth-order valence-corrected chi connectivity index (χ4v) is 2.75. The number of hydrogen-bond donors (Lipinski definition) is 2. The van der Waals surface area contributed by atoms with Crippen LogP contribution in [0.15, 0.2) is 29.3 Å². The summed E-state index contributed by atoms with van der Waals surface area (Å²) in [6.07, 6.45) is 5.29. The molecule has 0 amide bonds. The third-order valence-electron chi connectivity index (χ3n) is 4.64. The van der Waals surface area contributed by atoms with Gasteiger partial charge in [0.25, 0.3) is 0 Å². The molecule has 4 nitrogen and oxygen atoms in total. The number of guanidine groups is 1. The maximum absolute atomic E-state index is 5.17. The van der Waals surface area contributed by atoms with E-state index in [-0.39, 0.29) is 0 Å². The molecule has 1 aliphatic carbocycles. The minimum absolute atomic E-state index is 0.498. The molecule has 0 unspecified atom stereocenters. The van der Waals surface area contributed by atoms with Gasteiger partial charge in [-0.3, -0.25) is 4.99 Å². The van der Waals surface area contributed by atoms with Crippen molar-refractivity contribution in [3.63, 3.8) is 0 Å². The van der Waals surface area contributed by atoms with Gasteiger partial charge >= 0.3 is 0 Å². The first-order valence-electron chi connectivity index (χ1n) is 7.79. The molecule has 1 aromatic carbocycles. The van der Waals surface area contributed by atoms with E-state index >= 15 is 0 Å². The lowest BCUT2D eigenvalue weighted by Crippen LogP contribution is -2.46. The van der Waals surface area contributed by atoms with Gasteiger partial charge < -0.3 is 15.4 Å². The fraction of sp³-hybridized carbons (Fsp3) is 0.588. The van der Waals surface area contributed by atoms with Crippen molar-refractivity contribution in [3.8, 4) is 5.75 Å². The third-order valence-corrected chi connectivity index (χ3v) is 4.64. The van der Waals surface area contributed by atoms with Gasteiger partial charge in [-0.2, -0.15) is 0 Å². The number of nitrogens with zero attached hydrogens (tertiary/aromatic N) is 1. The van der Waals surface area contributed by atoms with Crippen LogP contribution < -0.4 is 15.4 Å². The molecule has 2 rings (SSSR count). The molecule has 21 heavy (non-hydrogen) atoms. The van der Waals surface area contributed by atoms with Crippen LogP contribution in [0, 0.1) is 5.41 Å². The molecule has 1 aromatic rings. The van der Waals surface area contributed by atoms with Crippen LogP contribution in [0.4, 0.5) is 0 Å². The van der Waals surface area contributed by atoms with Crippen molar-refractivity contribution < 1.29 is 4.74 Å². The van der Waals surface area contributed by atoms with Gasteiger partial charge in [-0.25, -0.2) is 0 Å². The Morgan fingerprint density at radius 2 is 1.95 bits per heavy atom. The van der Waals surface area contributed by atoms with Crippen molar-refractivity contribution in [2.24, 2.45) is 10.4 Å². The zero-order chi connectivity index (χ0) is 15.1. The standard InChI is InChI=1S/C17H27N3O/c1-4-17(10-5-11-17)13-20-16(18-2)19-12-14-6-8-15(21-3)9-7-14/h6-9H,4-5,10-13H2,1-3H3,(H2,18,19,20). The highest BCUT2D eigenvalue weighted by Gasteiger charge is 2.34. The molecule has 4 heteroatoms. The SMILES string of the molecule is CCC1(CNC(=NC)NCc2ccc(OC)cc2)CCC1. The van der Waals surface area contributed by atoms with E-state index in [9.17, 15) is 0 Å². The molecular formula is C17H27N3O. The summed E-state index contributed by atoms with van der Waals surface area (Å²) in [6, 6.07) is 8.10. The maximum atomic E-state index is 5.17. The van der Waals surface area contributed by atoms with Crippen molar-refractivity contribution in [3.05, 3.63) is 29.8 Å². The van der Waals surface area contributed by atoms with Gasteiger partial charge in [0.15, 0.2) is 5.96 Å². The number of aliphatic imine (C=N–C) groups is 1. The number of hydrogen-bond acceptors (Lipinski definition) is 2. The zero-order valence-electron chi connectivity index (χ0n) is 13.4.